The first kappa shape index (κ1) is 12.9. The topological polar surface area (TPSA) is 0 Å². The molecule has 0 N–H and O–H groups in total. The highest BCUT2D eigenvalue weighted by molar-refractivity contribution is 8.07. The van der Waals surface area contributed by atoms with E-state index in [0.717, 1.165) is 45.0 Å². The van der Waals surface area contributed by atoms with Gasteiger partial charge >= 0.3 is 0 Å². The highest BCUT2D eigenvalue weighted by Crippen LogP contribution is 2.70. The van der Waals surface area contributed by atoms with Gasteiger partial charge in [0.05, 0.1) is 0 Å². The highest BCUT2D eigenvalue weighted by atomic mass is 32.2. The van der Waals surface area contributed by atoms with Gasteiger partial charge in [0.25, 0.3) is 0 Å². The van der Waals surface area contributed by atoms with E-state index in [1.807, 2.05) is 0 Å². The number of hydrogen-bond acceptors (Lipinski definition) is 1. The number of rotatable bonds is 0. The molecule has 1 heteroatoms. The van der Waals surface area contributed by atoms with E-state index in [9.17, 15) is 0 Å². The third-order valence-corrected chi connectivity index (χ3v) is 10.1. The zero-order valence-electron chi connectivity index (χ0n) is 13.2. The largest absolute Gasteiger partial charge is 0.153 e. The summed E-state index contributed by atoms with van der Waals surface area (Å²) in [7, 11) is 0. The zero-order valence-corrected chi connectivity index (χ0v) is 14.1. The average molecular weight is 291 g/mol. The molecule has 0 aromatic heterocycles. The molecule has 0 aromatic carbocycles. The minimum atomic E-state index is 0.734. The second-order valence-electron chi connectivity index (χ2n) is 9.39. The van der Waals surface area contributed by atoms with Crippen molar-refractivity contribution < 1.29 is 0 Å². The fourth-order valence-corrected chi connectivity index (χ4v) is 8.88. The SMILES string of the molecule is C[C@@]12CCC[C@H]1[C@@H]1CCC3CC4SC4C[C@]3(C)[C@@H]1CC2. The monoisotopic (exact) mass is 290 g/mol. The summed E-state index contributed by atoms with van der Waals surface area (Å²) in [5.41, 5.74) is 1.48. The molecule has 5 rings (SSSR count). The van der Waals surface area contributed by atoms with E-state index in [0.29, 0.717) is 0 Å². The maximum Gasteiger partial charge on any atom is 0.0175 e. The summed E-state index contributed by atoms with van der Waals surface area (Å²) in [5, 5.41) is 2.16. The van der Waals surface area contributed by atoms with Gasteiger partial charge in [-0.3, -0.25) is 0 Å². The van der Waals surface area contributed by atoms with Crippen LogP contribution in [-0.4, -0.2) is 10.5 Å². The van der Waals surface area contributed by atoms with Crippen LogP contribution in [-0.2, 0) is 0 Å². The first-order chi connectivity index (χ1) is 9.60. The molecule has 5 fully saturated rings. The summed E-state index contributed by atoms with van der Waals surface area (Å²) in [6.45, 7) is 5.37. The Labute approximate surface area is 128 Å². The molecule has 3 unspecified atom stereocenters. The van der Waals surface area contributed by atoms with Gasteiger partial charge in [0, 0.05) is 10.5 Å². The molecular formula is C19H30S. The molecule has 112 valence electrons. The van der Waals surface area contributed by atoms with Gasteiger partial charge in [-0.05, 0) is 85.9 Å². The molecule has 0 spiro atoms. The Bertz CT molecular complexity index is 431. The summed E-state index contributed by atoms with van der Waals surface area (Å²) in [4.78, 5) is 0. The van der Waals surface area contributed by atoms with E-state index in [1.165, 1.54) is 6.42 Å². The lowest BCUT2D eigenvalue weighted by atomic mass is 9.45. The lowest BCUT2D eigenvalue weighted by Gasteiger charge is -2.59. The average Bonchev–Trinajstić information content (AvgIpc) is 3.03. The maximum atomic E-state index is 2.72. The normalized spacial score (nSPS) is 63.9. The molecular weight excluding hydrogens is 260 g/mol. The zero-order chi connectivity index (χ0) is 13.5. The van der Waals surface area contributed by atoms with Crippen LogP contribution in [0.5, 0.6) is 0 Å². The first-order valence-corrected chi connectivity index (χ1v) is 10.2. The van der Waals surface area contributed by atoms with E-state index in [1.54, 1.807) is 51.4 Å². The Morgan fingerprint density at radius 3 is 2.70 bits per heavy atom. The molecule has 0 radical (unpaired) electrons. The lowest BCUT2D eigenvalue weighted by molar-refractivity contribution is -0.0979. The van der Waals surface area contributed by atoms with Crippen LogP contribution in [0.15, 0.2) is 0 Å². The Morgan fingerprint density at radius 1 is 0.900 bits per heavy atom. The molecule has 20 heavy (non-hydrogen) atoms. The van der Waals surface area contributed by atoms with Gasteiger partial charge in [0.1, 0.15) is 0 Å². The van der Waals surface area contributed by atoms with Crippen molar-refractivity contribution in [3.8, 4) is 0 Å². The van der Waals surface area contributed by atoms with Crippen molar-refractivity contribution in [3.05, 3.63) is 0 Å². The third kappa shape index (κ3) is 1.57. The molecule has 0 nitrogen and oxygen atoms in total. The predicted molar refractivity (Wildman–Crippen MR) is 86.9 cm³/mol. The van der Waals surface area contributed by atoms with Gasteiger partial charge in [-0.15, -0.1) is 0 Å². The van der Waals surface area contributed by atoms with Gasteiger partial charge in [-0.1, -0.05) is 20.3 Å². The second kappa shape index (κ2) is 4.00. The maximum absolute atomic E-state index is 2.72. The van der Waals surface area contributed by atoms with Crippen LogP contribution < -0.4 is 0 Å². The van der Waals surface area contributed by atoms with Gasteiger partial charge in [0.15, 0.2) is 0 Å². The summed E-state index contributed by atoms with van der Waals surface area (Å²) >= 11 is 2.32. The highest BCUT2D eigenvalue weighted by Gasteiger charge is 2.61. The molecule has 0 amide bonds. The summed E-state index contributed by atoms with van der Waals surface area (Å²) < 4.78 is 0. The van der Waals surface area contributed by atoms with Crippen LogP contribution >= 0.6 is 11.8 Å². The molecule has 0 bridgehead atoms. The molecule has 0 aromatic rings. The number of fused-ring (bicyclic) bond motifs is 6. The number of hydrogen-bond donors (Lipinski definition) is 0. The lowest BCUT2D eigenvalue weighted by Crippen LogP contribution is -2.52. The van der Waals surface area contributed by atoms with Crippen LogP contribution in [0.25, 0.3) is 0 Å². The van der Waals surface area contributed by atoms with E-state index < -0.39 is 0 Å². The standard InChI is InChI=1S/C19H30S/c1-18-8-3-4-14(18)13-6-5-12-10-16-17(20-16)11-19(12,2)15(13)7-9-18/h12-17H,3-11H2,1-2H3/t12?,13-,14-,15+,16?,17?,18-,19-/m0/s1. The van der Waals surface area contributed by atoms with Crippen molar-refractivity contribution in [2.45, 2.75) is 82.1 Å². The molecule has 4 saturated carbocycles. The smallest absolute Gasteiger partial charge is 0.0175 e. The molecule has 8 atom stereocenters. The van der Waals surface area contributed by atoms with Crippen LogP contribution in [0.4, 0.5) is 0 Å². The van der Waals surface area contributed by atoms with Crippen molar-refractivity contribution >= 4 is 11.8 Å². The van der Waals surface area contributed by atoms with Crippen LogP contribution in [0, 0.1) is 34.5 Å². The van der Waals surface area contributed by atoms with Crippen molar-refractivity contribution in [1.29, 1.82) is 0 Å². The summed E-state index contributed by atoms with van der Waals surface area (Å²) in [6.07, 6.45) is 14.1. The number of thioether (sulfide) groups is 1. The van der Waals surface area contributed by atoms with Gasteiger partial charge in [0.2, 0.25) is 0 Å². The van der Waals surface area contributed by atoms with Crippen molar-refractivity contribution in [2.24, 2.45) is 34.5 Å². The third-order valence-electron chi connectivity index (χ3n) is 8.69. The minimum absolute atomic E-state index is 0.734. The van der Waals surface area contributed by atoms with E-state index in [4.69, 9.17) is 0 Å². The summed E-state index contributed by atoms with van der Waals surface area (Å²) in [6, 6.07) is 0. The summed E-state index contributed by atoms with van der Waals surface area (Å²) in [5.74, 6) is 4.40. The Kier molecular flexibility index (Phi) is 2.57. The molecule has 1 heterocycles. The first-order valence-electron chi connectivity index (χ1n) is 9.26. The van der Waals surface area contributed by atoms with Gasteiger partial charge in [-0.2, -0.15) is 11.8 Å². The fourth-order valence-electron chi connectivity index (χ4n) is 7.51. The van der Waals surface area contributed by atoms with Crippen molar-refractivity contribution in [1.82, 2.24) is 0 Å². The van der Waals surface area contributed by atoms with Crippen molar-refractivity contribution in [3.63, 3.8) is 0 Å². The van der Waals surface area contributed by atoms with E-state index >= 15 is 0 Å². The molecule has 5 aliphatic rings. The molecule has 4 aliphatic carbocycles. The second-order valence-corrected chi connectivity index (χ2v) is 10.9. The van der Waals surface area contributed by atoms with Crippen LogP contribution in [0.3, 0.4) is 0 Å². The van der Waals surface area contributed by atoms with Gasteiger partial charge in [-0.25, -0.2) is 0 Å². The van der Waals surface area contributed by atoms with Gasteiger partial charge < -0.3 is 0 Å². The Hall–Kier alpha value is 0.350. The predicted octanol–water partition coefficient (Wildman–Crippen LogP) is 5.51. The minimum Gasteiger partial charge on any atom is -0.153 e. The van der Waals surface area contributed by atoms with Crippen molar-refractivity contribution in [2.75, 3.05) is 0 Å². The van der Waals surface area contributed by atoms with E-state index in [2.05, 4.69) is 25.6 Å². The molecule has 1 saturated heterocycles. The van der Waals surface area contributed by atoms with E-state index in [-0.39, 0.29) is 0 Å². The fraction of sp³-hybridized carbons (Fsp3) is 1.00. The quantitative estimate of drug-likeness (QED) is 0.530. The Balaban J connectivity index is 1.48. The van der Waals surface area contributed by atoms with Crippen LogP contribution in [0.2, 0.25) is 0 Å². The Morgan fingerprint density at radius 2 is 1.80 bits per heavy atom. The van der Waals surface area contributed by atoms with Crippen LogP contribution in [0.1, 0.15) is 71.6 Å². The molecule has 1 aliphatic heterocycles.